The van der Waals surface area contributed by atoms with Crippen LogP contribution in [0.1, 0.15) is 37.5 Å². The Bertz CT molecular complexity index is 1240. The zero-order valence-corrected chi connectivity index (χ0v) is 19.9. The molecule has 0 aromatic heterocycles. The fourth-order valence-electron chi connectivity index (χ4n) is 5.11. The average Bonchev–Trinajstić information content (AvgIpc) is 3.28. The molecule has 5 heteroatoms. The maximum atomic E-state index is 12.5. The van der Waals surface area contributed by atoms with Crippen LogP contribution in [0.3, 0.4) is 0 Å². The van der Waals surface area contributed by atoms with Gasteiger partial charge in [0.25, 0.3) is 0 Å². The number of benzene rings is 3. The van der Waals surface area contributed by atoms with E-state index >= 15 is 0 Å². The highest BCUT2D eigenvalue weighted by Crippen LogP contribution is 2.52. The van der Waals surface area contributed by atoms with Crippen molar-refractivity contribution < 1.29 is 14.3 Å². The number of rotatable bonds is 7. The third kappa shape index (κ3) is 3.61. The molecule has 1 N–H and O–H groups in total. The Morgan fingerprint density at radius 2 is 1.74 bits per heavy atom. The molecule has 0 saturated carbocycles. The minimum atomic E-state index is -0.623. The first-order valence-electron chi connectivity index (χ1n) is 11.8. The fraction of sp³-hybridized carbons (Fsp3) is 0.276. The molecule has 2 aliphatic heterocycles. The number of fused-ring (bicyclic) bond motifs is 3. The predicted octanol–water partition coefficient (Wildman–Crippen LogP) is 5.30. The number of hydrogen-bond donors (Lipinski definition) is 1. The van der Waals surface area contributed by atoms with Crippen molar-refractivity contribution in [2.24, 2.45) is 0 Å². The first kappa shape index (κ1) is 22.1. The van der Waals surface area contributed by atoms with Gasteiger partial charge in [-0.1, -0.05) is 74.5 Å². The highest BCUT2D eigenvalue weighted by atomic mass is 16.5. The Balaban J connectivity index is 1.44. The van der Waals surface area contributed by atoms with E-state index in [-0.39, 0.29) is 11.3 Å². The van der Waals surface area contributed by atoms with Gasteiger partial charge in [0.2, 0.25) is 5.91 Å². The van der Waals surface area contributed by atoms with Gasteiger partial charge in [-0.15, -0.1) is 0 Å². The quantitative estimate of drug-likeness (QED) is 0.526. The highest BCUT2D eigenvalue weighted by molar-refractivity contribution is 5.91. The number of hydrogen-bond acceptors (Lipinski definition) is 4. The number of nitrogens with one attached hydrogen (secondary N) is 1. The van der Waals surface area contributed by atoms with Crippen LogP contribution in [0.2, 0.25) is 0 Å². The Kier molecular flexibility index (Phi) is 5.56. The summed E-state index contributed by atoms with van der Waals surface area (Å²) >= 11 is 0. The summed E-state index contributed by atoms with van der Waals surface area (Å²) in [6.45, 7) is 7.72. The van der Waals surface area contributed by atoms with Crippen molar-refractivity contribution in [1.82, 2.24) is 5.32 Å². The van der Waals surface area contributed by atoms with Crippen LogP contribution >= 0.6 is 0 Å². The van der Waals surface area contributed by atoms with E-state index in [1.54, 1.807) is 0 Å². The van der Waals surface area contributed by atoms with E-state index in [0.29, 0.717) is 31.3 Å². The maximum Gasteiger partial charge on any atom is 0.241 e. The third-order valence-corrected chi connectivity index (χ3v) is 6.90. The number of ether oxygens (including phenoxy) is 2. The van der Waals surface area contributed by atoms with Gasteiger partial charge in [0.05, 0.1) is 13.2 Å². The third-order valence-electron chi connectivity index (χ3n) is 6.90. The van der Waals surface area contributed by atoms with Crippen molar-refractivity contribution in [2.45, 2.75) is 38.5 Å². The van der Waals surface area contributed by atoms with Crippen molar-refractivity contribution in [3.8, 4) is 11.5 Å². The molecular weight excluding hydrogens is 424 g/mol. The molecule has 0 unspecified atom stereocenters. The molecule has 3 aromatic rings. The van der Waals surface area contributed by atoms with E-state index in [4.69, 9.17) is 9.47 Å². The van der Waals surface area contributed by atoms with Gasteiger partial charge in [0, 0.05) is 11.1 Å². The molecular formula is C29H30N2O3. The van der Waals surface area contributed by atoms with Crippen LogP contribution in [0.15, 0.2) is 78.9 Å². The summed E-state index contributed by atoms with van der Waals surface area (Å²) in [5.74, 6) is 1.46. The lowest BCUT2D eigenvalue weighted by molar-refractivity contribution is -0.118. The Hall–Kier alpha value is -3.73. The SMILES string of the molecule is CCOc1cc(/C=C/[C@@]23NC(=O)CN2c2ccccc2C3(C)C)ccc1OCc1ccccc1. The van der Waals surface area contributed by atoms with E-state index in [9.17, 15) is 4.79 Å². The second-order valence-electron chi connectivity index (χ2n) is 9.29. The van der Waals surface area contributed by atoms with E-state index in [0.717, 1.165) is 16.8 Å². The molecule has 2 heterocycles. The van der Waals surface area contributed by atoms with Crippen LogP contribution in [0.5, 0.6) is 11.5 Å². The zero-order valence-electron chi connectivity index (χ0n) is 19.9. The number of anilines is 1. The molecule has 1 saturated heterocycles. The summed E-state index contributed by atoms with van der Waals surface area (Å²) in [6, 6.07) is 24.4. The van der Waals surface area contributed by atoms with Crippen molar-refractivity contribution in [3.05, 3.63) is 95.6 Å². The van der Waals surface area contributed by atoms with Crippen molar-refractivity contribution in [1.29, 1.82) is 0 Å². The lowest BCUT2D eigenvalue weighted by Crippen LogP contribution is -2.58. The van der Waals surface area contributed by atoms with E-state index in [1.807, 2.05) is 61.5 Å². The molecule has 174 valence electrons. The molecule has 5 rings (SSSR count). The highest BCUT2D eigenvalue weighted by Gasteiger charge is 2.59. The van der Waals surface area contributed by atoms with Gasteiger partial charge in [0.15, 0.2) is 11.5 Å². The number of carbonyl (C=O) groups excluding carboxylic acids is 1. The standard InChI is InChI=1S/C29H30N2O3/c1-4-33-26-18-21(14-15-25(26)34-20-22-10-6-5-7-11-22)16-17-29-28(2,3)23-12-8-9-13-24(23)31(29)19-27(32)30-29/h5-18H,4,19-20H2,1-3H3,(H,30,32)/b17-16+/t29-/m1/s1. The Labute approximate surface area is 201 Å². The number of nitrogens with zero attached hydrogens (tertiary/aromatic N) is 1. The smallest absolute Gasteiger partial charge is 0.241 e. The summed E-state index contributed by atoms with van der Waals surface area (Å²) in [4.78, 5) is 14.7. The van der Waals surface area contributed by atoms with Gasteiger partial charge in [-0.25, -0.2) is 0 Å². The molecule has 2 aliphatic rings. The number of amides is 1. The van der Waals surface area contributed by atoms with Gasteiger partial charge < -0.3 is 19.7 Å². The minimum Gasteiger partial charge on any atom is -0.490 e. The Morgan fingerprint density at radius 3 is 2.53 bits per heavy atom. The monoisotopic (exact) mass is 454 g/mol. The molecule has 0 aliphatic carbocycles. The molecule has 1 atom stereocenters. The van der Waals surface area contributed by atoms with Crippen LogP contribution in [0.4, 0.5) is 5.69 Å². The molecule has 3 aromatic carbocycles. The summed E-state index contributed by atoms with van der Waals surface area (Å²) < 4.78 is 11.9. The largest absolute Gasteiger partial charge is 0.490 e. The topological polar surface area (TPSA) is 50.8 Å². The van der Waals surface area contributed by atoms with Gasteiger partial charge >= 0.3 is 0 Å². The summed E-state index contributed by atoms with van der Waals surface area (Å²) in [6.07, 6.45) is 4.18. The molecule has 1 amide bonds. The summed E-state index contributed by atoms with van der Waals surface area (Å²) in [7, 11) is 0. The van der Waals surface area contributed by atoms with E-state index < -0.39 is 5.66 Å². The number of carbonyl (C=O) groups is 1. The van der Waals surface area contributed by atoms with Crippen molar-refractivity contribution >= 4 is 17.7 Å². The van der Waals surface area contributed by atoms with Crippen LogP contribution in [-0.2, 0) is 16.8 Å². The predicted molar refractivity (Wildman–Crippen MR) is 135 cm³/mol. The first-order chi connectivity index (χ1) is 16.4. The molecule has 34 heavy (non-hydrogen) atoms. The molecule has 0 bridgehead atoms. The summed E-state index contributed by atoms with van der Waals surface area (Å²) in [5.41, 5.74) is 3.51. The van der Waals surface area contributed by atoms with Crippen LogP contribution < -0.4 is 19.7 Å². The van der Waals surface area contributed by atoms with Gasteiger partial charge in [-0.3, -0.25) is 4.79 Å². The zero-order chi connectivity index (χ0) is 23.8. The van der Waals surface area contributed by atoms with Crippen LogP contribution in [0.25, 0.3) is 6.08 Å². The van der Waals surface area contributed by atoms with Gasteiger partial charge in [-0.05, 0) is 47.9 Å². The average molecular weight is 455 g/mol. The fourth-order valence-corrected chi connectivity index (χ4v) is 5.11. The van der Waals surface area contributed by atoms with Gasteiger partial charge in [-0.2, -0.15) is 0 Å². The maximum absolute atomic E-state index is 12.5. The van der Waals surface area contributed by atoms with Crippen molar-refractivity contribution in [2.75, 3.05) is 18.1 Å². The minimum absolute atomic E-state index is 0.0342. The van der Waals surface area contributed by atoms with Crippen molar-refractivity contribution in [3.63, 3.8) is 0 Å². The van der Waals surface area contributed by atoms with E-state index in [1.165, 1.54) is 5.56 Å². The molecule has 0 spiro atoms. The molecule has 1 fully saturated rings. The Morgan fingerprint density at radius 1 is 0.971 bits per heavy atom. The lowest BCUT2D eigenvalue weighted by Gasteiger charge is -2.40. The lowest BCUT2D eigenvalue weighted by atomic mass is 9.75. The molecule has 5 nitrogen and oxygen atoms in total. The summed E-state index contributed by atoms with van der Waals surface area (Å²) in [5, 5.41) is 3.27. The van der Waals surface area contributed by atoms with Crippen LogP contribution in [0, 0.1) is 0 Å². The first-order valence-corrected chi connectivity index (χ1v) is 11.8. The number of para-hydroxylation sites is 1. The van der Waals surface area contributed by atoms with Crippen LogP contribution in [-0.4, -0.2) is 24.7 Å². The molecule has 0 radical (unpaired) electrons. The second-order valence-corrected chi connectivity index (χ2v) is 9.29. The second kappa shape index (κ2) is 8.56. The normalized spacial score (nSPS) is 20.2. The van der Waals surface area contributed by atoms with E-state index in [2.05, 4.69) is 54.4 Å². The van der Waals surface area contributed by atoms with Gasteiger partial charge in [0.1, 0.15) is 12.3 Å².